The van der Waals surface area contributed by atoms with Crippen molar-refractivity contribution < 1.29 is 14.7 Å². The Morgan fingerprint density at radius 1 is 1.06 bits per heavy atom. The molecule has 0 aromatic heterocycles. The first-order chi connectivity index (χ1) is 7.88. The number of benzene rings is 1. The molecule has 1 heterocycles. The smallest absolute Gasteiger partial charge is 0.162 e. The molecule has 0 atom stereocenters. The van der Waals surface area contributed by atoms with Gasteiger partial charge in [0.15, 0.2) is 11.5 Å². The molecule has 0 amide bonds. The van der Waals surface area contributed by atoms with E-state index in [4.69, 9.17) is 14.7 Å². The fraction of sp³-hybridized carbons (Fsp3) is 0.417. The quantitative estimate of drug-likeness (QED) is 0.536. The third kappa shape index (κ3) is 1.41. The Bertz CT molecular complexity index is 454. The summed E-state index contributed by atoms with van der Waals surface area (Å²) in [7, 11) is 0. The molecule has 0 unspecified atom stereocenters. The van der Waals surface area contributed by atoms with Crippen molar-refractivity contribution in [3.63, 3.8) is 0 Å². The molecule has 0 saturated carbocycles. The lowest BCUT2D eigenvalue weighted by Gasteiger charge is -2.23. The minimum Gasteiger partial charge on any atom is -0.486 e. The van der Waals surface area contributed by atoms with E-state index in [0.717, 1.165) is 42.0 Å². The summed E-state index contributed by atoms with van der Waals surface area (Å²) in [5.74, 6) is 1.57. The Labute approximate surface area is 93.5 Å². The average molecular weight is 219 g/mol. The van der Waals surface area contributed by atoms with Crippen LogP contribution in [0, 0.1) is 0 Å². The van der Waals surface area contributed by atoms with Gasteiger partial charge in [-0.3, -0.25) is 0 Å². The average Bonchev–Trinajstić information content (AvgIpc) is 2.35. The lowest BCUT2D eigenvalue weighted by atomic mass is 9.89. The summed E-state index contributed by atoms with van der Waals surface area (Å²) in [4.78, 5) is 0. The first-order valence-electron chi connectivity index (χ1n) is 5.52. The fourth-order valence-electron chi connectivity index (χ4n) is 2.29. The van der Waals surface area contributed by atoms with E-state index in [2.05, 4.69) is 5.16 Å². The molecule has 0 radical (unpaired) electrons. The first-order valence-corrected chi connectivity index (χ1v) is 5.52. The molecule has 4 heteroatoms. The summed E-state index contributed by atoms with van der Waals surface area (Å²) in [5.41, 5.74) is 2.93. The highest BCUT2D eigenvalue weighted by Crippen LogP contribution is 2.36. The van der Waals surface area contributed by atoms with Crippen molar-refractivity contribution in [3.8, 4) is 11.5 Å². The van der Waals surface area contributed by atoms with Crippen LogP contribution in [-0.4, -0.2) is 24.1 Å². The van der Waals surface area contributed by atoms with Gasteiger partial charge in [0, 0.05) is 5.56 Å². The molecule has 1 N–H and O–H groups in total. The Morgan fingerprint density at radius 3 is 2.56 bits per heavy atom. The zero-order valence-corrected chi connectivity index (χ0v) is 8.90. The SMILES string of the molecule is O/N=C1/CCCc2cc3c(cc21)OCCO3. The summed E-state index contributed by atoms with van der Waals surface area (Å²) >= 11 is 0. The van der Waals surface area contributed by atoms with Crippen LogP contribution >= 0.6 is 0 Å². The summed E-state index contributed by atoms with van der Waals surface area (Å²) in [6.45, 7) is 1.18. The number of ether oxygens (including phenoxy) is 2. The Balaban J connectivity index is 2.12. The van der Waals surface area contributed by atoms with Crippen molar-refractivity contribution in [3.05, 3.63) is 23.3 Å². The van der Waals surface area contributed by atoms with Gasteiger partial charge in [0.25, 0.3) is 0 Å². The Hall–Kier alpha value is -1.71. The van der Waals surface area contributed by atoms with E-state index in [-0.39, 0.29) is 0 Å². The van der Waals surface area contributed by atoms with Gasteiger partial charge < -0.3 is 14.7 Å². The third-order valence-electron chi connectivity index (χ3n) is 3.06. The Kier molecular flexibility index (Phi) is 2.20. The number of aryl methyl sites for hydroxylation is 1. The van der Waals surface area contributed by atoms with Gasteiger partial charge in [-0.1, -0.05) is 5.16 Å². The minimum atomic E-state index is 0.581. The second-order valence-corrected chi connectivity index (χ2v) is 4.05. The number of oxime groups is 1. The number of fused-ring (bicyclic) bond motifs is 2. The van der Waals surface area contributed by atoms with Gasteiger partial charge in [0.2, 0.25) is 0 Å². The van der Waals surface area contributed by atoms with E-state index in [0.29, 0.717) is 13.2 Å². The maximum atomic E-state index is 8.96. The fourth-order valence-corrected chi connectivity index (χ4v) is 2.29. The number of nitrogens with zero attached hydrogens (tertiary/aromatic N) is 1. The van der Waals surface area contributed by atoms with Gasteiger partial charge in [-0.2, -0.15) is 0 Å². The maximum absolute atomic E-state index is 8.96. The van der Waals surface area contributed by atoms with Crippen LogP contribution in [-0.2, 0) is 6.42 Å². The van der Waals surface area contributed by atoms with Crippen molar-refractivity contribution in [1.29, 1.82) is 0 Å². The lowest BCUT2D eigenvalue weighted by molar-refractivity contribution is 0.171. The largest absolute Gasteiger partial charge is 0.486 e. The van der Waals surface area contributed by atoms with Crippen molar-refractivity contribution >= 4 is 5.71 Å². The molecule has 0 fully saturated rings. The highest BCUT2D eigenvalue weighted by molar-refractivity contribution is 6.02. The zero-order valence-electron chi connectivity index (χ0n) is 8.90. The van der Waals surface area contributed by atoms with Crippen LogP contribution in [0.15, 0.2) is 17.3 Å². The van der Waals surface area contributed by atoms with Crippen molar-refractivity contribution in [2.75, 3.05) is 13.2 Å². The molecule has 2 aliphatic rings. The Morgan fingerprint density at radius 2 is 1.81 bits per heavy atom. The highest BCUT2D eigenvalue weighted by Gasteiger charge is 2.21. The molecular weight excluding hydrogens is 206 g/mol. The molecule has 0 saturated heterocycles. The van der Waals surface area contributed by atoms with E-state index in [1.54, 1.807) is 0 Å². The lowest BCUT2D eigenvalue weighted by Crippen LogP contribution is -2.18. The van der Waals surface area contributed by atoms with E-state index < -0.39 is 0 Å². The maximum Gasteiger partial charge on any atom is 0.162 e. The van der Waals surface area contributed by atoms with Crippen LogP contribution < -0.4 is 9.47 Å². The summed E-state index contributed by atoms with van der Waals surface area (Å²) in [5, 5.41) is 12.3. The molecule has 84 valence electrons. The van der Waals surface area contributed by atoms with Crippen LogP contribution in [0.2, 0.25) is 0 Å². The zero-order chi connectivity index (χ0) is 11.0. The molecule has 1 aromatic carbocycles. The topological polar surface area (TPSA) is 51.1 Å². The summed E-state index contributed by atoms with van der Waals surface area (Å²) in [6, 6.07) is 3.94. The second-order valence-electron chi connectivity index (χ2n) is 4.05. The van der Waals surface area contributed by atoms with E-state index in [1.807, 2.05) is 12.1 Å². The highest BCUT2D eigenvalue weighted by atomic mass is 16.6. The summed E-state index contributed by atoms with van der Waals surface area (Å²) < 4.78 is 11.1. The van der Waals surface area contributed by atoms with Crippen LogP contribution in [0.4, 0.5) is 0 Å². The molecule has 1 aliphatic heterocycles. The molecule has 16 heavy (non-hydrogen) atoms. The number of hydrogen-bond donors (Lipinski definition) is 1. The normalized spacial score (nSPS) is 20.6. The molecule has 1 aromatic rings. The van der Waals surface area contributed by atoms with Crippen LogP contribution in [0.25, 0.3) is 0 Å². The van der Waals surface area contributed by atoms with E-state index in [9.17, 15) is 0 Å². The van der Waals surface area contributed by atoms with Gasteiger partial charge in [0.05, 0.1) is 5.71 Å². The third-order valence-corrected chi connectivity index (χ3v) is 3.06. The molecule has 0 spiro atoms. The van der Waals surface area contributed by atoms with Gasteiger partial charge in [-0.15, -0.1) is 0 Å². The molecule has 4 nitrogen and oxygen atoms in total. The predicted octanol–water partition coefficient (Wildman–Crippen LogP) is 1.97. The van der Waals surface area contributed by atoms with Crippen LogP contribution in [0.5, 0.6) is 11.5 Å². The van der Waals surface area contributed by atoms with Crippen molar-refractivity contribution in [2.45, 2.75) is 19.3 Å². The summed E-state index contributed by atoms with van der Waals surface area (Å²) in [6.07, 6.45) is 2.85. The van der Waals surface area contributed by atoms with E-state index in [1.165, 1.54) is 5.56 Å². The molecule has 0 bridgehead atoms. The predicted molar refractivity (Wildman–Crippen MR) is 58.7 cm³/mol. The number of rotatable bonds is 0. The monoisotopic (exact) mass is 219 g/mol. The van der Waals surface area contributed by atoms with Crippen molar-refractivity contribution in [1.82, 2.24) is 0 Å². The standard InChI is InChI=1S/C12H13NO3/c14-13-10-3-1-2-8-6-11-12(7-9(8)10)16-5-4-15-11/h6-7,14H,1-5H2/b13-10-. The minimum absolute atomic E-state index is 0.581. The van der Waals surface area contributed by atoms with Gasteiger partial charge in [-0.25, -0.2) is 0 Å². The van der Waals surface area contributed by atoms with E-state index >= 15 is 0 Å². The van der Waals surface area contributed by atoms with Gasteiger partial charge >= 0.3 is 0 Å². The first kappa shape index (κ1) is 9.51. The van der Waals surface area contributed by atoms with Crippen molar-refractivity contribution in [2.24, 2.45) is 5.16 Å². The van der Waals surface area contributed by atoms with Gasteiger partial charge in [-0.05, 0) is 37.0 Å². The van der Waals surface area contributed by atoms with Crippen LogP contribution in [0.1, 0.15) is 24.0 Å². The molecule has 1 aliphatic carbocycles. The molecule has 3 rings (SSSR count). The number of hydrogen-bond acceptors (Lipinski definition) is 4. The second kappa shape index (κ2) is 3.70. The van der Waals surface area contributed by atoms with Crippen LogP contribution in [0.3, 0.4) is 0 Å². The van der Waals surface area contributed by atoms with Gasteiger partial charge in [0.1, 0.15) is 13.2 Å². The molecular formula is C12H13NO3.